The zero-order valence-corrected chi connectivity index (χ0v) is 18.8. The highest BCUT2D eigenvalue weighted by molar-refractivity contribution is 5.86. The molecule has 1 aliphatic heterocycles. The maximum absolute atomic E-state index is 12.6. The van der Waals surface area contributed by atoms with E-state index in [9.17, 15) is 19.5 Å². The van der Waals surface area contributed by atoms with Crippen molar-refractivity contribution in [3.8, 4) is 11.1 Å². The van der Waals surface area contributed by atoms with Gasteiger partial charge in [-0.2, -0.15) is 0 Å². The standard InChI is InChI=1S/C26H28N2O6/c29-23(28-14-26(33,15-28)24(30)31)16-9-11-17(12-10-16)27-25(32)34-13-22-20-7-3-1-5-18(20)19-6-2-4-8-21(19)22/h1-8,16-17,22,33H,9-15H2,(H,27,32)(H,30,31). The highest BCUT2D eigenvalue weighted by atomic mass is 16.5. The molecule has 0 atom stereocenters. The van der Waals surface area contributed by atoms with Crippen LogP contribution in [0.15, 0.2) is 48.5 Å². The first kappa shape index (κ1) is 22.4. The van der Waals surface area contributed by atoms with Crippen LogP contribution in [0, 0.1) is 5.92 Å². The zero-order valence-electron chi connectivity index (χ0n) is 18.8. The Morgan fingerprint density at radius 1 is 0.941 bits per heavy atom. The molecular formula is C26H28N2O6. The third-order valence-electron chi connectivity index (χ3n) is 7.36. The predicted molar refractivity (Wildman–Crippen MR) is 123 cm³/mol. The smallest absolute Gasteiger partial charge is 0.407 e. The number of carboxylic acid groups (broad SMARTS) is 1. The third kappa shape index (κ3) is 4.03. The molecule has 2 fully saturated rings. The van der Waals surface area contributed by atoms with Crippen LogP contribution in [0.5, 0.6) is 0 Å². The Morgan fingerprint density at radius 2 is 1.50 bits per heavy atom. The molecule has 0 aromatic heterocycles. The molecule has 8 nitrogen and oxygen atoms in total. The van der Waals surface area contributed by atoms with E-state index in [4.69, 9.17) is 9.84 Å². The first-order valence-corrected chi connectivity index (χ1v) is 11.7. The molecule has 178 valence electrons. The molecule has 1 heterocycles. The Bertz CT molecular complexity index is 1070. The second-order valence-electron chi connectivity index (χ2n) is 9.55. The van der Waals surface area contributed by atoms with Crippen LogP contribution in [0.1, 0.15) is 42.7 Å². The molecule has 2 amide bonds. The van der Waals surface area contributed by atoms with E-state index >= 15 is 0 Å². The Balaban J connectivity index is 1.10. The van der Waals surface area contributed by atoms with Crippen molar-refractivity contribution in [2.45, 2.75) is 43.2 Å². The number of aliphatic carboxylic acids is 1. The van der Waals surface area contributed by atoms with E-state index in [1.165, 1.54) is 16.0 Å². The molecule has 0 bridgehead atoms. The molecule has 1 saturated carbocycles. The number of carbonyl (C=O) groups is 3. The van der Waals surface area contributed by atoms with Gasteiger partial charge in [0.2, 0.25) is 5.91 Å². The number of likely N-dealkylation sites (tertiary alicyclic amines) is 1. The first-order chi connectivity index (χ1) is 16.4. The number of alkyl carbamates (subject to hydrolysis) is 1. The Kier molecular flexibility index (Phi) is 5.77. The number of benzene rings is 2. The van der Waals surface area contributed by atoms with Gasteiger partial charge >= 0.3 is 12.1 Å². The fraction of sp³-hybridized carbons (Fsp3) is 0.423. The maximum atomic E-state index is 12.6. The van der Waals surface area contributed by atoms with E-state index in [0.29, 0.717) is 25.7 Å². The van der Waals surface area contributed by atoms with Crippen molar-refractivity contribution >= 4 is 18.0 Å². The summed E-state index contributed by atoms with van der Waals surface area (Å²) in [6.07, 6.45) is 2.06. The van der Waals surface area contributed by atoms with Crippen LogP contribution in [0.4, 0.5) is 4.79 Å². The number of carbonyl (C=O) groups excluding carboxylic acids is 2. The summed E-state index contributed by atoms with van der Waals surface area (Å²) in [5, 5.41) is 21.8. The van der Waals surface area contributed by atoms with Crippen molar-refractivity contribution in [1.82, 2.24) is 10.2 Å². The summed E-state index contributed by atoms with van der Waals surface area (Å²) < 4.78 is 5.62. The quantitative estimate of drug-likeness (QED) is 0.627. The van der Waals surface area contributed by atoms with Gasteiger partial charge in [-0.05, 0) is 47.9 Å². The summed E-state index contributed by atoms with van der Waals surface area (Å²) in [6, 6.07) is 16.3. The second kappa shape index (κ2) is 8.76. The van der Waals surface area contributed by atoms with Crippen molar-refractivity contribution < 1.29 is 29.3 Å². The molecular weight excluding hydrogens is 436 g/mol. The molecule has 8 heteroatoms. The van der Waals surface area contributed by atoms with Gasteiger partial charge in [0, 0.05) is 17.9 Å². The van der Waals surface area contributed by atoms with Gasteiger partial charge in [-0.1, -0.05) is 48.5 Å². The number of rotatable bonds is 5. The number of β-amino-alcohol motifs (C(OH)–C–C–N with tert-alkyl or cyclic N) is 1. The van der Waals surface area contributed by atoms with Crippen LogP contribution in [0.2, 0.25) is 0 Å². The molecule has 0 spiro atoms. The number of nitrogens with zero attached hydrogens (tertiary/aromatic N) is 1. The summed E-state index contributed by atoms with van der Waals surface area (Å²) in [4.78, 5) is 37.5. The lowest BCUT2D eigenvalue weighted by Crippen LogP contribution is -2.68. The van der Waals surface area contributed by atoms with Gasteiger partial charge in [-0.25, -0.2) is 9.59 Å². The fourth-order valence-corrected chi connectivity index (χ4v) is 5.43. The van der Waals surface area contributed by atoms with E-state index in [0.717, 1.165) is 11.1 Å². The Hall–Kier alpha value is -3.39. The number of amides is 2. The number of nitrogens with one attached hydrogen (secondary N) is 1. The lowest BCUT2D eigenvalue weighted by atomic mass is 9.83. The minimum absolute atomic E-state index is 0.00693. The lowest BCUT2D eigenvalue weighted by molar-refractivity contribution is -0.183. The summed E-state index contributed by atoms with van der Waals surface area (Å²) >= 11 is 0. The van der Waals surface area contributed by atoms with Crippen molar-refractivity contribution in [2.24, 2.45) is 5.92 Å². The van der Waals surface area contributed by atoms with Crippen LogP contribution in [-0.2, 0) is 14.3 Å². The van der Waals surface area contributed by atoms with Gasteiger partial charge in [0.1, 0.15) is 6.61 Å². The second-order valence-corrected chi connectivity index (χ2v) is 9.55. The molecule has 0 unspecified atom stereocenters. The Morgan fingerprint density at radius 3 is 2.06 bits per heavy atom. The zero-order chi connectivity index (χ0) is 23.9. The van der Waals surface area contributed by atoms with Crippen molar-refractivity contribution in [1.29, 1.82) is 0 Å². The van der Waals surface area contributed by atoms with Crippen LogP contribution in [-0.4, -0.2) is 64.4 Å². The predicted octanol–water partition coefficient (Wildman–Crippen LogP) is 2.74. The average molecular weight is 465 g/mol. The van der Waals surface area contributed by atoms with E-state index in [1.807, 2.05) is 24.3 Å². The van der Waals surface area contributed by atoms with Crippen molar-refractivity contribution in [3.05, 3.63) is 59.7 Å². The summed E-state index contributed by atoms with van der Waals surface area (Å²) in [5.41, 5.74) is 2.87. The molecule has 5 rings (SSSR count). The normalized spacial score (nSPS) is 22.8. The third-order valence-corrected chi connectivity index (χ3v) is 7.36. The highest BCUT2D eigenvalue weighted by Crippen LogP contribution is 2.44. The minimum atomic E-state index is -1.82. The first-order valence-electron chi connectivity index (χ1n) is 11.7. The number of carboxylic acids is 1. The van der Waals surface area contributed by atoms with Gasteiger partial charge < -0.3 is 25.2 Å². The number of ether oxygens (including phenoxy) is 1. The van der Waals surface area contributed by atoms with Crippen LogP contribution >= 0.6 is 0 Å². The Labute approximate surface area is 197 Å². The molecule has 2 aromatic carbocycles. The lowest BCUT2D eigenvalue weighted by Gasteiger charge is -2.45. The average Bonchev–Trinajstić information content (AvgIpc) is 3.14. The molecule has 2 aliphatic carbocycles. The molecule has 0 radical (unpaired) electrons. The largest absolute Gasteiger partial charge is 0.479 e. The van der Waals surface area contributed by atoms with Crippen molar-refractivity contribution in [3.63, 3.8) is 0 Å². The topological polar surface area (TPSA) is 116 Å². The number of aliphatic hydroxyl groups is 1. The molecule has 34 heavy (non-hydrogen) atoms. The van der Waals surface area contributed by atoms with Gasteiger partial charge in [-0.3, -0.25) is 4.79 Å². The SMILES string of the molecule is O=C(NC1CCC(C(=O)N2CC(O)(C(=O)O)C2)CC1)OCC1c2ccccc2-c2ccccc21. The van der Waals surface area contributed by atoms with Crippen LogP contribution < -0.4 is 5.32 Å². The molecule has 2 aromatic rings. The fourth-order valence-electron chi connectivity index (χ4n) is 5.43. The van der Waals surface area contributed by atoms with Gasteiger partial charge in [-0.15, -0.1) is 0 Å². The highest BCUT2D eigenvalue weighted by Gasteiger charge is 2.51. The van der Waals surface area contributed by atoms with Crippen LogP contribution in [0.3, 0.4) is 0 Å². The van der Waals surface area contributed by atoms with Gasteiger partial charge in [0.15, 0.2) is 5.60 Å². The molecule has 3 aliphatic rings. The van der Waals surface area contributed by atoms with E-state index in [1.54, 1.807) is 0 Å². The molecule has 1 saturated heterocycles. The van der Waals surface area contributed by atoms with E-state index in [-0.39, 0.29) is 43.5 Å². The minimum Gasteiger partial charge on any atom is -0.479 e. The monoisotopic (exact) mass is 464 g/mol. The molecule has 3 N–H and O–H groups in total. The van der Waals surface area contributed by atoms with Gasteiger partial charge in [0.05, 0.1) is 13.1 Å². The van der Waals surface area contributed by atoms with Gasteiger partial charge in [0.25, 0.3) is 0 Å². The number of hydrogen-bond donors (Lipinski definition) is 3. The van der Waals surface area contributed by atoms with Crippen molar-refractivity contribution in [2.75, 3.05) is 19.7 Å². The maximum Gasteiger partial charge on any atom is 0.407 e. The number of hydrogen-bond acceptors (Lipinski definition) is 5. The van der Waals surface area contributed by atoms with E-state index in [2.05, 4.69) is 29.6 Å². The van der Waals surface area contributed by atoms with E-state index < -0.39 is 17.7 Å². The summed E-state index contributed by atoms with van der Waals surface area (Å²) in [6.45, 7) is -0.0761. The van der Waals surface area contributed by atoms with Crippen LogP contribution in [0.25, 0.3) is 11.1 Å². The number of fused-ring (bicyclic) bond motifs is 3. The summed E-state index contributed by atoms with van der Waals surface area (Å²) in [5.74, 6) is -1.62. The summed E-state index contributed by atoms with van der Waals surface area (Å²) in [7, 11) is 0.